The third kappa shape index (κ3) is 3.75. The summed E-state index contributed by atoms with van der Waals surface area (Å²) in [6, 6.07) is 23.6. The zero-order chi connectivity index (χ0) is 21.1. The molecule has 0 unspecified atom stereocenters. The van der Waals surface area contributed by atoms with Gasteiger partial charge in [0.05, 0.1) is 12.3 Å². The van der Waals surface area contributed by atoms with Crippen LogP contribution in [-0.4, -0.2) is 9.55 Å². The van der Waals surface area contributed by atoms with E-state index in [2.05, 4.69) is 11.6 Å². The molecular weight excluding hydrogens is 376 g/mol. The number of fused-ring (bicyclic) bond motifs is 1. The zero-order valence-electron chi connectivity index (χ0n) is 16.7. The van der Waals surface area contributed by atoms with Crippen molar-refractivity contribution in [1.29, 1.82) is 0 Å². The topological polar surface area (TPSA) is 64.1 Å². The second kappa shape index (κ2) is 8.35. The zero-order valence-corrected chi connectivity index (χ0v) is 16.7. The lowest BCUT2D eigenvalue weighted by Crippen LogP contribution is -2.35. The third-order valence-corrected chi connectivity index (χ3v) is 5.16. The summed E-state index contributed by atoms with van der Waals surface area (Å²) in [6.07, 6.45) is 0. The fourth-order valence-electron chi connectivity index (χ4n) is 3.63. The van der Waals surface area contributed by atoms with E-state index in [0.717, 1.165) is 21.9 Å². The number of aromatic amines is 1. The number of H-pyrrole nitrogens is 1. The number of rotatable bonds is 6. The Kier molecular flexibility index (Phi) is 5.46. The molecule has 0 saturated heterocycles. The van der Waals surface area contributed by atoms with Crippen LogP contribution in [0.15, 0.2) is 89.0 Å². The average Bonchev–Trinajstić information content (AvgIpc) is 2.77. The van der Waals surface area contributed by atoms with Gasteiger partial charge in [-0.05, 0) is 34.4 Å². The normalized spacial score (nSPS) is 11.0. The van der Waals surface area contributed by atoms with E-state index in [1.54, 1.807) is 6.92 Å². The number of hydrogen-bond acceptors (Lipinski definition) is 3. The fourth-order valence-corrected chi connectivity index (χ4v) is 3.63. The molecule has 3 aromatic carbocycles. The van der Waals surface area contributed by atoms with Crippen molar-refractivity contribution in [2.24, 2.45) is 0 Å². The molecule has 0 amide bonds. The van der Waals surface area contributed by atoms with E-state index >= 15 is 0 Å². The van der Waals surface area contributed by atoms with Crippen molar-refractivity contribution < 1.29 is 4.74 Å². The molecule has 0 bridgehead atoms. The number of ether oxygens (including phenoxy) is 1. The molecule has 0 aliphatic carbocycles. The largest absolute Gasteiger partial charge is 0.356 e. The van der Waals surface area contributed by atoms with E-state index in [0.29, 0.717) is 23.4 Å². The lowest BCUT2D eigenvalue weighted by Gasteiger charge is -2.18. The van der Waals surface area contributed by atoms with Crippen molar-refractivity contribution in [2.45, 2.75) is 20.3 Å². The van der Waals surface area contributed by atoms with E-state index in [4.69, 9.17) is 4.74 Å². The van der Waals surface area contributed by atoms with Crippen LogP contribution >= 0.6 is 0 Å². The van der Waals surface area contributed by atoms with Crippen LogP contribution < -0.4 is 11.2 Å². The van der Waals surface area contributed by atoms with Gasteiger partial charge < -0.3 is 4.74 Å². The molecule has 1 heterocycles. The SMILES string of the molecule is C=C(c1cccc2ccccc12)c1c(C)c(=O)[nH]c(=O)n1COCc1ccccc1. The molecule has 4 aromatic rings. The van der Waals surface area contributed by atoms with Crippen molar-refractivity contribution in [3.63, 3.8) is 0 Å². The Hall–Kier alpha value is -3.70. The van der Waals surface area contributed by atoms with Crippen LogP contribution in [0, 0.1) is 6.92 Å². The number of nitrogens with zero attached hydrogens (tertiary/aromatic N) is 1. The molecule has 5 heteroatoms. The summed E-state index contributed by atoms with van der Waals surface area (Å²) in [4.78, 5) is 27.4. The van der Waals surface area contributed by atoms with E-state index in [9.17, 15) is 9.59 Å². The van der Waals surface area contributed by atoms with E-state index < -0.39 is 11.2 Å². The highest BCUT2D eigenvalue weighted by molar-refractivity contribution is 5.96. The standard InChI is InChI=1S/C25H22N2O3/c1-17(21-14-8-12-20-11-6-7-13-22(20)21)23-18(2)24(28)26-25(29)27(23)16-30-15-19-9-4-3-5-10-19/h3-14H,1,15-16H2,2H3,(H,26,28,29). The first kappa shape index (κ1) is 19.6. The lowest BCUT2D eigenvalue weighted by molar-refractivity contribution is 0.0601. The highest BCUT2D eigenvalue weighted by Crippen LogP contribution is 2.29. The summed E-state index contributed by atoms with van der Waals surface area (Å²) in [6.45, 7) is 6.30. The summed E-state index contributed by atoms with van der Waals surface area (Å²) < 4.78 is 7.23. The number of benzene rings is 3. The van der Waals surface area contributed by atoms with Crippen molar-refractivity contribution in [1.82, 2.24) is 9.55 Å². The van der Waals surface area contributed by atoms with E-state index in [-0.39, 0.29) is 6.73 Å². The monoisotopic (exact) mass is 398 g/mol. The summed E-state index contributed by atoms with van der Waals surface area (Å²) in [7, 11) is 0. The molecule has 0 radical (unpaired) electrons. The summed E-state index contributed by atoms with van der Waals surface area (Å²) in [5.41, 5.74) is 2.45. The molecule has 1 aromatic heterocycles. The number of aromatic nitrogens is 2. The number of nitrogens with one attached hydrogen (secondary N) is 1. The van der Waals surface area contributed by atoms with Crippen LogP contribution in [-0.2, 0) is 18.1 Å². The highest BCUT2D eigenvalue weighted by Gasteiger charge is 2.17. The molecule has 5 nitrogen and oxygen atoms in total. The maximum Gasteiger partial charge on any atom is 0.330 e. The van der Waals surface area contributed by atoms with Crippen LogP contribution in [0.25, 0.3) is 16.3 Å². The average molecular weight is 398 g/mol. The Morgan fingerprint density at radius 2 is 1.67 bits per heavy atom. The molecular formula is C25H22N2O3. The quantitative estimate of drug-likeness (QED) is 0.529. The smallest absolute Gasteiger partial charge is 0.330 e. The van der Waals surface area contributed by atoms with Crippen LogP contribution in [0.3, 0.4) is 0 Å². The Morgan fingerprint density at radius 1 is 0.967 bits per heavy atom. The molecule has 0 aliphatic rings. The molecule has 0 spiro atoms. The Balaban J connectivity index is 1.75. The Bertz CT molecular complexity index is 1330. The third-order valence-electron chi connectivity index (χ3n) is 5.16. The summed E-state index contributed by atoms with van der Waals surface area (Å²) in [5, 5.41) is 2.07. The minimum absolute atomic E-state index is 0.00443. The molecule has 0 aliphatic heterocycles. The predicted octanol–water partition coefficient (Wildman–Crippen LogP) is 4.23. The molecule has 30 heavy (non-hydrogen) atoms. The highest BCUT2D eigenvalue weighted by atomic mass is 16.5. The fraction of sp³-hybridized carbons (Fsp3) is 0.120. The second-order valence-electron chi connectivity index (χ2n) is 7.13. The first-order chi connectivity index (χ1) is 14.6. The Labute approximate surface area is 173 Å². The maximum absolute atomic E-state index is 12.6. The van der Waals surface area contributed by atoms with E-state index in [1.807, 2.05) is 72.8 Å². The van der Waals surface area contributed by atoms with Crippen molar-refractivity contribution in [2.75, 3.05) is 0 Å². The first-order valence-corrected chi connectivity index (χ1v) is 9.69. The van der Waals surface area contributed by atoms with Crippen LogP contribution in [0.1, 0.15) is 22.4 Å². The molecule has 150 valence electrons. The van der Waals surface area contributed by atoms with Gasteiger partial charge in [-0.1, -0.05) is 79.4 Å². The van der Waals surface area contributed by atoms with E-state index in [1.165, 1.54) is 4.57 Å². The van der Waals surface area contributed by atoms with Gasteiger partial charge in [0.15, 0.2) is 0 Å². The minimum Gasteiger partial charge on any atom is -0.356 e. The minimum atomic E-state index is -0.518. The molecule has 1 N–H and O–H groups in total. The molecule has 0 saturated carbocycles. The molecule has 0 atom stereocenters. The van der Waals surface area contributed by atoms with Gasteiger partial charge in [0.25, 0.3) is 5.56 Å². The molecule has 4 rings (SSSR count). The van der Waals surface area contributed by atoms with Crippen molar-refractivity contribution >= 4 is 16.3 Å². The lowest BCUT2D eigenvalue weighted by atomic mass is 9.95. The summed E-state index contributed by atoms with van der Waals surface area (Å²) in [5.74, 6) is 0. The van der Waals surface area contributed by atoms with Gasteiger partial charge in [0.1, 0.15) is 6.73 Å². The van der Waals surface area contributed by atoms with Crippen LogP contribution in [0.5, 0.6) is 0 Å². The van der Waals surface area contributed by atoms with Gasteiger partial charge in [-0.25, -0.2) is 4.79 Å². The molecule has 0 fully saturated rings. The van der Waals surface area contributed by atoms with Gasteiger partial charge in [-0.2, -0.15) is 0 Å². The second-order valence-corrected chi connectivity index (χ2v) is 7.13. The van der Waals surface area contributed by atoms with Crippen molar-refractivity contribution in [3.05, 3.63) is 123 Å². The van der Waals surface area contributed by atoms with Crippen molar-refractivity contribution in [3.8, 4) is 0 Å². The maximum atomic E-state index is 12.6. The summed E-state index contributed by atoms with van der Waals surface area (Å²) >= 11 is 0. The predicted molar refractivity (Wildman–Crippen MR) is 119 cm³/mol. The number of hydrogen-bond donors (Lipinski definition) is 1. The van der Waals surface area contributed by atoms with Crippen LogP contribution in [0.4, 0.5) is 0 Å². The van der Waals surface area contributed by atoms with Gasteiger partial charge in [0, 0.05) is 5.56 Å². The first-order valence-electron chi connectivity index (χ1n) is 9.69. The van der Waals surface area contributed by atoms with Gasteiger partial charge in [-0.15, -0.1) is 0 Å². The van der Waals surface area contributed by atoms with Gasteiger partial charge in [0.2, 0.25) is 0 Å². The van der Waals surface area contributed by atoms with Gasteiger partial charge in [-0.3, -0.25) is 14.3 Å². The Morgan fingerprint density at radius 3 is 2.47 bits per heavy atom. The van der Waals surface area contributed by atoms with Crippen LogP contribution in [0.2, 0.25) is 0 Å². The van der Waals surface area contributed by atoms with Gasteiger partial charge >= 0.3 is 5.69 Å².